The van der Waals surface area contributed by atoms with E-state index in [1.807, 2.05) is 13.8 Å². The Bertz CT molecular complexity index is 754. The van der Waals surface area contributed by atoms with Gasteiger partial charge in [-0.2, -0.15) is 13.2 Å². The second-order valence-corrected chi connectivity index (χ2v) is 8.05. The zero-order valence-corrected chi connectivity index (χ0v) is 18.7. The Labute approximate surface area is 185 Å². The number of nitrogens with one attached hydrogen (secondary N) is 1. The number of methoxy groups -OCH3 is 1. The van der Waals surface area contributed by atoms with Gasteiger partial charge in [0.15, 0.2) is 0 Å². The lowest BCUT2D eigenvalue weighted by atomic mass is 9.99. The number of carbonyl (C=O) groups is 3. The van der Waals surface area contributed by atoms with Gasteiger partial charge >= 0.3 is 18.1 Å². The topological polar surface area (TPSA) is 95.9 Å². The summed E-state index contributed by atoms with van der Waals surface area (Å²) in [7, 11) is 1.15. The summed E-state index contributed by atoms with van der Waals surface area (Å²) >= 11 is 0. The van der Waals surface area contributed by atoms with Gasteiger partial charge in [-0.25, -0.2) is 4.79 Å². The van der Waals surface area contributed by atoms with E-state index in [1.165, 1.54) is 6.92 Å². The van der Waals surface area contributed by atoms with Crippen LogP contribution in [0, 0.1) is 5.92 Å². The minimum atomic E-state index is -5.18. The number of nitrogens with zero attached hydrogens (tertiary/aromatic N) is 1. The highest BCUT2D eigenvalue weighted by atomic mass is 19.4. The summed E-state index contributed by atoms with van der Waals surface area (Å²) < 4.78 is 43.6. The minimum Gasteiger partial charge on any atom is -0.467 e. The van der Waals surface area contributed by atoms with Crippen molar-refractivity contribution in [3.8, 4) is 0 Å². The van der Waals surface area contributed by atoms with E-state index in [-0.39, 0.29) is 31.7 Å². The van der Waals surface area contributed by atoms with Gasteiger partial charge in [-0.15, -0.1) is 0 Å². The smallest absolute Gasteiger partial charge is 0.467 e. The fourth-order valence-corrected chi connectivity index (χ4v) is 3.17. The van der Waals surface area contributed by atoms with Gasteiger partial charge in [-0.3, -0.25) is 9.59 Å². The Hall–Kier alpha value is -2.62. The summed E-state index contributed by atoms with van der Waals surface area (Å²) in [4.78, 5) is 38.6. The van der Waals surface area contributed by atoms with E-state index >= 15 is 0 Å². The summed E-state index contributed by atoms with van der Waals surface area (Å²) in [6, 6.07) is 5.61. The van der Waals surface area contributed by atoms with Crippen LogP contribution in [0.5, 0.6) is 0 Å². The maximum absolute atomic E-state index is 13.4. The number of hydrogen-bond donors (Lipinski definition) is 2. The van der Waals surface area contributed by atoms with Crippen LogP contribution in [0.15, 0.2) is 30.3 Å². The lowest BCUT2D eigenvalue weighted by Gasteiger charge is -2.34. The van der Waals surface area contributed by atoms with Crippen molar-refractivity contribution in [2.24, 2.45) is 5.92 Å². The zero-order valence-electron chi connectivity index (χ0n) is 18.7. The molecule has 2 N–H and O–H groups in total. The van der Waals surface area contributed by atoms with Crippen molar-refractivity contribution in [3.63, 3.8) is 0 Å². The molecule has 0 saturated heterocycles. The molecule has 0 aliphatic carbocycles. The number of ether oxygens (including phenoxy) is 1. The lowest BCUT2D eigenvalue weighted by Crippen LogP contribution is -2.57. The van der Waals surface area contributed by atoms with Crippen molar-refractivity contribution in [3.05, 3.63) is 35.9 Å². The standard InChI is InChI=1S/C22H31F3N2O5/c1-14(2)12-18(20(30)32-4)27(11-10-15(3)28)19(29)17(26-21(31)22(23,24)25)13-16-8-6-5-7-9-16/h5-9,14-15,17-18,28H,10-13H2,1-4H3,(H,26,31)/t15?,17-,18-/m0/s1. The Kier molecular flexibility index (Phi) is 10.6. The molecule has 32 heavy (non-hydrogen) atoms. The quantitative estimate of drug-likeness (QED) is 0.495. The molecular weight excluding hydrogens is 429 g/mol. The molecule has 1 rings (SSSR count). The molecule has 1 aromatic rings. The van der Waals surface area contributed by atoms with Crippen molar-refractivity contribution in [1.29, 1.82) is 0 Å². The SMILES string of the molecule is COC(=O)[C@H](CC(C)C)N(CCC(C)O)C(=O)[C@H](Cc1ccccc1)NC(=O)C(F)(F)F. The Balaban J connectivity index is 3.35. The van der Waals surface area contributed by atoms with E-state index in [2.05, 4.69) is 0 Å². The van der Waals surface area contributed by atoms with Gasteiger partial charge in [-0.1, -0.05) is 44.2 Å². The van der Waals surface area contributed by atoms with Crippen LogP contribution in [-0.4, -0.2) is 65.8 Å². The summed E-state index contributed by atoms with van der Waals surface area (Å²) in [6.07, 6.45) is -5.92. The maximum atomic E-state index is 13.4. The van der Waals surface area contributed by atoms with Gasteiger partial charge in [0.05, 0.1) is 13.2 Å². The molecule has 0 heterocycles. The first-order valence-electron chi connectivity index (χ1n) is 10.3. The first kappa shape index (κ1) is 27.4. The van der Waals surface area contributed by atoms with Crippen LogP contribution in [0.25, 0.3) is 0 Å². The normalized spacial score (nSPS) is 14.4. The zero-order chi connectivity index (χ0) is 24.5. The van der Waals surface area contributed by atoms with Gasteiger partial charge in [0.1, 0.15) is 12.1 Å². The van der Waals surface area contributed by atoms with Crippen LogP contribution in [0.1, 0.15) is 39.2 Å². The molecule has 0 spiro atoms. The third-order valence-electron chi connectivity index (χ3n) is 4.76. The van der Waals surface area contributed by atoms with E-state index in [9.17, 15) is 32.7 Å². The highest BCUT2D eigenvalue weighted by Gasteiger charge is 2.42. The second-order valence-electron chi connectivity index (χ2n) is 8.05. The Morgan fingerprint density at radius 1 is 1.12 bits per heavy atom. The van der Waals surface area contributed by atoms with Crippen LogP contribution < -0.4 is 5.32 Å². The third-order valence-corrected chi connectivity index (χ3v) is 4.76. The van der Waals surface area contributed by atoms with E-state index in [0.29, 0.717) is 5.56 Å². The molecule has 1 unspecified atom stereocenters. The summed E-state index contributed by atoms with van der Waals surface area (Å²) in [6.45, 7) is 5.03. The molecule has 0 fully saturated rings. The lowest BCUT2D eigenvalue weighted by molar-refractivity contribution is -0.175. The van der Waals surface area contributed by atoms with Gasteiger partial charge < -0.3 is 20.1 Å². The van der Waals surface area contributed by atoms with Crippen molar-refractivity contribution in [1.82, 2.24) is 10.2 Å². The predicted octanol–water partition coefficient (Wildman–Crippen LogP) is 2.46. The fraction of sp³-hybridized carbons (Fsp3) is 0.591. The predicted molar refractivity (Wildman–Crippen MR) is 111 cm³/mol. The fourth-order valence-electron chi connectivity index (χ4n) is 3.17. The van der Waals surface area contributed by atoms with Crippen molar-refractivity contribution < 1.29 is 37.4 Å². The highest BCUT2D eigenvalue weighted by molar-refractivity contribution is 5.92. The summed E-state index contributed by atoms with van der Waals surface area (Å²) in [5.41, 5.74) is 0.530. The van der Waals surface area contributed by atoms with E-state index in [4.69, 9.17) is 4.74 Å². The monoisotopic (exact) mass is 460 g/mol. The molecule has 10 heteroatoms. The van der Waals surface area contributed by atoms with Crippen molar-refractivity contribution in [2.75, 3.05) is 13.7 Å². The van der Waals surface area contributed by atoms with E-state index in [0.717, 1.165) is 12.0 Å². The number of aliphatic hydroxyl groups excluding tert-OH is 1. The Morgan fingerprint density at radius 3 is 2.19 bits per heavy atom. The van der Waals surface area contributed by atoms with Gasteiger partial charge in [0, 0.05) is 13.0 Å². The maximum Gasteiger partial charge on any atom is 0.471 e. The van der Waals surface area contributed by atoms with E-state index in [1.54, 1.807) is 35.6 Å². The number of amides is 2. The molecule has 3 atom stereocenters. The second kappa shape index (κ2) is 12.4. The molecule has 1 aromatic carbocycles. The van der Waals surface area contributed by atoms with Crippen molar-refractivity contribution in [2.45, 2.75) is 64.4 Å². The number of halogens is 3. The molecule has 2 amide bonds. The largest absolute Gasteiger partial charge is 0.471 e. The highest BCUT2D eigenvalue weighted by Crippen LogP contribution is 2.19. The number of aliphatic hydroxyl groups is 1. The molecule has 7 nitrogen and oxygen atoms in total. The van der Waals surface area contributed by atoms with Gasteiger partial charge in [0.2, 0.25) is 5.91 Å². The number of hydrogen-bond acceptors (Lipinski definition) is 5. The summed E-state index contributed by atoms with van der Waals surface area (Å²) in [5.74, 6) is -3.87. The first-order valence-corrected chi connectivity index (χ1v) is 10.3. The molecule has 0 aromatic heterocycles. The number of alkyl halides is 3. The molecule has 0 aliphatic heterocycles. The third kappa shape index (κ3) is 8.86. The minimum absolute atomic E-state index is 0.0433. The molecule has 180 valence electrons. The number of esters is 1. The first-order chi connectivity index (χ1) is 14.9. The van der Waals surface area contributed by atoms with E-state index < -0.39 is 42.1 Å². The molecule has 0 aliphatic rings. The summed E-state index contributed by atoms with van der Waals surface area (Å²) in [5, 5.41) is 11.5. The van der Waals surface area contributed by atoms with Crippen LogP contribution in [0.4, 0.5) is 13.2 Å². The molecule has 0 bridgehead atoms. The van der Waals surface area contributed by atoms with Crippen LogP contribution >= 0.6 is 0 Å². The molecular formula is C22H31F3N2O5. The average molecular weight is 460 g/mol. The average Bonchev–Trinajstić information content (AvgIpc) is 2.71. The number of benzene rings is 1. The number of rotatable bonds is 11. The molecule has 0 saturated carbocycles. The van der Waals surface area contributed by atoms with Gasteiger partial charge in [0.25, 0.3) is 0 Å². The molecule has 0 radical (unpaired) electrons. The van der Waals surface area contributed by atoms with Crippen LogP contribution in [0.2, 0.25) is 0 Å². The van der Waals surface area contributed by atoms with Gasteiger partial charge in [-0.05, 0) is 31.2 Å². The van der Waals surface area contributed by atoms with Crippen molar-refractivity contribution >= 4 is 17.8 Å². The van der Waals surface area contributed by atoms with Crippen LogP contribution in [0.3, 0.4) is 0 Å². The number of carbonyl (C=O) groups excluding carboxylic acids is 3. The Morgan fingerprint density at radius 2 is 1.72 bits per heavy atom. The van der Waals surface area contributed by atoms with Crippen LogP contribution in [-0.2, 0) is 25.5 Å².